The van der Waals surface area contributed by atoms with Crippen molar-refractivity contribution in [1.82, 2.24) is 19.1 Å². The Kier molecular flexibility index (Phi) is 3.82. The lowest BCUT2D eigenvalue weighted by Gasteiger charge is -2.22. The van der Waals surface area contributed by atoms with Crippen molar-refractivity contribution in [3.8, 4) is 0 Å². The summed E-state index contributed by atoms with van der Waals surface area (Å²) in [7, 11) is 1.71. The third-order valence-electron chi connectivity index (χ3n) is 5.63. The van der Waals surface area contributed by atoms with Crippen LogP contribution in [0.4, 0.5) is 5.69 Å². The fourth-order valence-electron chi connectivity index (χ4n) is 3.84. The molecule has 0 saturated heterocycles. The zero-order chi connectivity index (χ0) is 19.3. The predicted octanol–water partition coefficient (Wildman–Crippen LogP) is 3.12. The number of aromatic amines is 1. The minimum atomic E-state index is -0.239. The first kappa shape index (κ1) is 16.8. The number of carbonyl (C=O) groups excluding carboxylic acids is 1. The van der Waals surface area contributed by atoms with E-state index in [-0.39, 0.29) is 18.1 Å². The van der Waals surface area contributed by atoms with Gasteiger partial charge in [-0.3, -0.25) is 13.9 Å². The SMILES string of the molecule is Cn1c(=O)n(CC(=O)Nc2ccc3nc(C4CCC4)[nH]c3c2)c2ccccc21. The largest absolute Gasteiger partial charge is 0.342 e. The number of imidazole rings is 2. The van der Waals surface area contributed by atoms with E-state index in [1.807, 2.05) is 42.5 Å². The van der Waals surface area contributed by atoms with Crippen molar-refractivity contribution in [2.45, 2.75) is 31.7 Å². The van der Waals surface area contributed by atoms with Gasteiger partial charge in [0.2, 0.25) is 5.91 Å². The molecule has 28 heavy (non-hydrogen) atoms. The fraction of sp³-hybridized carbons (Fsp3) is 0.286. The third-order valence-corrected chi connectivity index (χ3v) is 5.63. The Morgan fingerprint density at radius 2 is 2.00 bits per heavy atom. The van der Waals surface area contributed by atoms with E-state index in [2.05, 4.69) is 15.3 Å². The summed E-state index contributed by atoms with van der Waals surface area (Å²) in [6.45, 7) is -0.0332. The minimum absolute atomic E-state index is 0.0332. The van der Waals surface area contributed by atoms with E-state index >= 15 is 0 Å². The molecular weight excluding hydrogens is 354 g/mol. The highest BCUT2D eigenvalue weighted by Crippen LogP contribution is 2.35. The van der Waals surface area contributed by atoms with Crippen LogP contribution < -0.4 is 11.0 Å². The Morgan fingerprint density at radius 3 is 2.75 bits per heavy atom. The number of rotatable bonds is 4. The lowest BCUT2D eigenvalue weighted by Crippen LogP contribution is -2.28. The molecule has 0 unspecified atom stereocenters. The number of nitrogens with one attached hydrogen (secondary N) is 2. The molecule has 142 valence electrons. The van der Waals surface area contributed by atoms with Crippen LogP contribution in [0.5, 0.6) is 0 Å². The Morgan fingerprint density at radius 1 is 1.21 bits per heavy atom. The van der Waals surface area contributed by atoms with E-state index in [1.165, 1.54) is 23.8 Å². The summed E-state index contributed by atoms with van der Waals surface area (Å²) in [4.78, 5) is 33.1. The summed E-state index contributed by atoms with van der Waals surface area (Å²) < 4.78 is 3.05. The van der Waals surface area contributed by atoms with Gasteiger partial charge in [0.05, 0.1) is 22.1 Å². The van der Waals surface area contributed by atoms with Crippen molar-refractivity contribution in [1.29, 1.82) is 0 Å². The monoisotopic (exact) mass is 375 g/mol. The van der Waals surface area contributed by atoms with Gasteiger partial charge in [0.15, 0.2) is 0 Å². The molecule has 1 aliphatic carbocycles. The molecule has 2 aromatic carbocycles. The molecule has 0 radical (unpaired) electrons. The molecule has 0 spiro atoms. The zero-order valence-electron chi connectivity index (χ0n) is 15.6. The van der Waals surface area contributed by atoms with Crippen molar-refractivity contribution in [2.24, 2.45) is 7.05 Å². The van der Waals surface area contributed by atoms with Crippen molar-refractivity contribution in [2.75, 3.05) is 5.32 Å². The van der Waals surface area contributed by atoms with Gasteiger partial charge in [-0.05, 0) is 43.2 Å². The first-order chi connectivity index (χ1) is 13.6. The van der Waals surface area contributed by atoms with Crippen molar-refractivity contribution in [3.63, 3.8) is 0 Å². The normalized spacial score (nSPS) is 14.5. The number of anilines is 1. The number of benzene rings is 2. The van der Waals surface area contributed by atoms with Crippen LogP contribution in [0.1, 0.15) is 31.0 Å². The number of fused-ring (bicyclic) bond motifs is 2. The number of nitrogens with zero attached hydrogens (tertiary/aromatic N) is 3. The fourth-order valence-corrected chi connectivity index (χ4v) is 3.84. The van der Waals surface area contributed by atoms with Gasteiger partial charge in [-0.1, -0.05) is 18.6 Å². The third kappa shape index (κ3) is 2.70. The molecule has 2 N–H and O–H groups in total. The number of carbonyl (C=O) groups is 1. The highest BCUT2D eigenvalue weighted by Gasteiger charge is 2.22. The molecule has 7 nitrogen and oxygen atoms in total. The van der Waals surface area contributed by atoms with Crippen molar-refractivity contribution in [3.05, 3.63) is 58.8 Å². The summed E-state index contributed by atoms with van der Waals surface area (Å²) in [6.07, 6.45) is 3.63. The summed E-state index contributed by atoms with van der Waals surface area (Å²) in [5.41, 5.74) is 3.87. The van der Waals surface area contributed by atoms with Crippen LogP contribution in [0.2, 0.25) is 0 Å². The van der Waals surface area contributed by atoms with Gasteiger partial charge >= 0.3 is 5.69 Å². The molecular formula is C21H21N5O2. The lowest BCUT2D eigenvalue weighted by atomic mass is 9.85. The van der Waals surface area contributed by atoms with E-state index in [1.54, 1.807) is 11.6 Å². The zero-order valence-corrected chi connectivity index (χ0v) is 15.6. The van der Waals surface area contributed by atoms with Crippen LogP contribution in [0.15, 0.2) is 47.3 Å². The van der Waals surface area contributed by atoms with E-state index in [0.717, 1.165) is 27.9 Å². The predicted molar refractivity (Wildman–Crippen MR) is 108 cm³/mol. The highest BCUT2D eigenvalue weighted by atomic mass is 16.2. The molecule has 5 rings (SSSR count). The van der Waals surface area contributed by atoms with Crippen LogP contribution in [-0.2, 0) is 18.4 Å². The van der Waals surface area contributed by atoms with E-state index in [4.69, 9.17) is 0 Å². The lowest BCUT2D eigenvalue weighted by molar-refractivity contribution is -0.116. The average molecular weight is 375 g/mol. The smallest absolute Gasteiger partial charge is 0.329 e. The Bertz CT molecular complexity index is 1260. The number of amides is 1. The minimum Gasteiger partial charge on any atom is -0.342 e. The second-order valence-electron chi connectivity index (χ2n) is 7.45. The molecule has 0 aliphatic heterocycles. The molecule has 1 fully saturated rings. The maximum absolute atomic E-state index is 12.6. The molecule has 2 heterocycles. The quantitative estimate of drug-likeness (QED) is 0.575. The second-order valence-corrected chi connectivity index (χ2v) is 7.45. The Labute approximate surface area is 161 Å². The molecule has 0 bridgehead atoms. The molecule has 0 atom stereocenters. The van der Waals surface area contributed by atoms with Gasteiger partial charge in [-0.15, -0.1) is 0 Å². The highest BCUT2D eigenvalue weighted by molar-refractivity contribution is 5.93. The molecule has 7 heteroatoms. The van der Waals surface area contributed by atoms with Crippen LogP contribution in [0.3, 0.4) is 0 Å². The summed E-state index contributed by atoms with van der Waals surface area (Å²) >= 11 is 0. The molecule has 1 aliphatic rings. The van der Waals surface area contributed by atoms with Crippen LogP contribution in [0, 0.1) is 0 Å². The molecule has 2 aromatic heterocycles. The van der Waals surface area contributed by atoms with Crippen molar-refractivity contribution >= 4 is 33.7 Å². The van der Waals surface area contributed by atoms with Gasteiger partial charge < -0.3 is 10.3 Å². The van der Waals surface area contributed by atoms with Gasteiger partial charge in [-0.25, -0.2) is 9.78 Å². The number of hydrogen-bond donors (Lipinski definition) is 2. The van der Waals surface area contributed by atoms with E-state index in [9.17, 15) is 9.59 Å². The number of hydrogen-bond acceptors (Lipinski definition) is 3. The van der Waals surface area contributed by atoms with E-state index in [0.29, 0.717) is 11.6 Å². The van der Waals surface area contributed by atoms with Crippen LogP contribution in [-0.4, -0.2) is 25.0 Å². The number of aromatic nitrogens is 4. The molecule has 1 amide bonds. The molecule has 4 aromatic rings. The Hall–Kier alpha value is -3.35. The topological polar surface area (TPSA) is 84.7 Å². The number of aryl methyl sites for hydroxylation is 1. The number of H-pyrrole nitrogens is 1. The van der Waals surface area contributed by atoms with Crippen molar-refractivity contribution < 1.29 is 4.79 Å². The van der Waals surface area contributed by atoms with Gasteiger partial charge in [0.1, 0.15) is 12.4 Å². The summed E-state index contributed by atoms with van der Waals surface area (Å²) in [6, 6.07) is 13.1. The first-order valence-electron chi connectivity index (χ1n) is 9.54. The van der Waals surface area contributed by atoms with Gasteiger partial charge in [0.25, 0.3) is 0 Å². The molecule has 1 saturated carbocycles. The summed E-state index contributed by atoms with van der Waals surface area (Å²) in [5.74, 6) is 1.33. The maximum Gasteiger partial charge on any atom is 0.329 e. The Balaban J connectivity index is 1.38. The maximum atomic E-state index is 12.6. The average Bonchev–Trinajstić information content (AvgIpc) is 3.15. The van der Waals surface area contributed by atoms with Gasteiger partial charge in [0, 0.05) is 18.7 Å². The van der Waals surface area contributed by atoms with Gasteiger partial charge in [-0.2, -0.15) is 0 Å². The van der Waals surface area contributed by atoms with Crippen LogP contribution in [0.25, 0.3) is 22.1 Å². The van der Waals surface area contributed by atoms with E-state index < -0.39 is 0 Å². The number of para-hydroxylation sites is 2. The standard InChI is InChI=1S/C21H21N5O2/c1-25-17-7-2-3-8-18(17)26(21(25)28)12-19(27)22-14-9-10-15-16(11-14)24-20(23-15)13-5-4-6-13/h2-3,7-11,13H,4-6,12H2,1H3,(H,22,27)(H,23,24). The van der Waals surface area contributed by atoms with Crippen LogP contribution >= 0.6 is 0 Å². The second kappa shape index (κ2) is 6.37. The summed E-state index contributed by atoms with van der Waals surface area (Å²) in [5, 5.41) is 2.89. The first-order valence-corrected chi connectivity index (χ1v) is 9.54.